The van der Waals surface area contributed by atoms with Gasteiger partial charge in [0.2, 0.25) is 0 Å². The molecule has 2 aromatic carbocycles. The lowest BCUT2D eigenvalue weighted by Gasteiger charge is -2.11. The van der Waals surface area contributed by atoms with Crippen LogP contribution in [0.25, 0.3) is 22.3 Å². The third-order valence-electron chi connectivity index (χ3n) is 5.44. The van der Waals surface area contributed by atoms with Crippen molar-refractivity contribution in [3.63, 3.8) is 0 Å². The average Bonchev–Trinajstić information content (AvgIpc) is 3.46. The van der Waals surface area contributed by atoms with Gasteiger partial charge in [-0.1, -0.05) is 30.3 Å². The van der Waals surface area contributed by atoms with Crippen LogP contribution in [0.15, 0.2) is 71.6 Å². The van der Waals surface area contributed by atoms with E-state index in [9.17, 15) is 10.1 Å². The van der Waals surface area contributed by atoms with Crippen LogP contribution >= 0.6 is 11.3 Å². The molecule has 0 aliphatic rings. The minimum absolute atomic E-state index is 0.00634. The summed E-state index contributed by atoms with van der Waals surface area (Å²) >= 11 is 1.49. The van der Waals surface area contributed by atoms with E-state index in [2.05, 4.69) is 9.55 Å². The smallest absolute Gasteiger partial charge is 0.349 e. The first kappa shape index (κ1) is 24.0. The molecule has 0 fully saturated rings. The van der Waals surface area contributed by atoms with Crippen molar-refractivity contribution in [2.24, 2.45) is 0 Å². The second kappa shape index (κ2) is 10.9. The Kier molecular flexibility index (Phi) is 7.44. The number of benzene rings is 2. The molecule has 0 bridgehead atoms. The van der Waals surface area contributed by atoms with Crippen LogP contribution in [-0.2, 0) is 16.1 Å². The molecular weight excluding hydrogens is 458 g/mol. The quantitative estimate of drug-likeness (QED) is 0.168. The van der Waals surface area contributed by atoms with Gasteiger partial charge >= 0.3 is 5.97 Å². The average molecular weight is 484 g/mol. The first-order chi connectivity index (χ1) is 17.0. The zero-order valence-corrected chi connectivity index (χ0v) is 20.6. The molecule has 0 saturated heterocycles. The van der Waals surface area contributed by atoms with Gasteiger partial charge in [-0.15, -0.1) is 11.3 Å². The standard InChI is InChI=1S/C28H25N3O3S/c1-4-33-26-12-10-25(11-13-26)31-19(2)14-22(20(31)3)15-23(16-29)28(32)34-17-24-18-35-27(30-24)21-8-6-5-7-9-21/h5-15,18H,4,17H2,1-3H3. The molecule has 0 atom stereocenters. The van der Waals surface area contributed by atoms with Crippen molar-refractivity contribution < 1.29 is 14.3 Å². The molecule has 0 radical (unpaired) electrons. The Bertz CT molecular complexity index is 1390. The lowest BCUT2D eigenvalue weighted by molar-refractivity contribution is -0.139. The van der Waals surface area contributed by atoms with Gasteiger partial charge in [0.05, 0.1) is 12.3 Å². The summed E-state index contributed by atoms with van der Waals surface area (Å²) in [6.45, 7) is 6.50. The molecule has 2 aromatic heterocycles. The van der Waals surface area contributed by atoms with E-state index >= 15 is 0 Å². The molecule has 0 aliphatic carbocycles. The highest BCUT2D eigenvalue weighted by atomic mass is 32.1. The first-order valence-corrected chi connectivity index (χ1v) is 12.1. The third-order valence-corrected chi connectivity index (χ3v) is 6.38. The van der Waals surface area contributed by atoms with Crippen molar-refractivity contribution in [2.75, 3.05) is 6.61 Å². The molecule has 0 saturated carbocycles. The van der Waals surface area contributed by atoms with Crippen molar-refractivity contribution >= 4 is 23.4 Å². The van der Waals surface area contributed by atoms with Crippen molar-refractivity contribution in [1.29, 1.82) is 5.26 Å². The Hall–Kier alpha value is -4.15. The summed E-state index contributed by atoms with van der Waals surface area (Å²) in [5.41, 5.74) is 5.25. The number of carbonyl (C=O) groups excluding carboxylic acids is 1. The van der Waals surface area contributed by atoms with Gasteiger partial charge in [-0.2, -0.15) is 5.26 Å². The summed E-state index contributed by atoms with van der Waals surface area (Å²) in [5, 5.41) is 12.3. The highest BCUT2D eigenvalue weighted by Gasteiger charge is 2.16. The fourth-order valence-corrected chi connectivity index (χ4v) is 4.60. The molecule has 0 N–H and O–H groups in total. The van der Waals surface area contributed by atoms with E-state index in [1.165, 1.54) is 11.3 Å². The minimum Gasteiger partial charge on any atom is -0.494 e. The molecule has 0 amide bonds. The van der Waals surface area contributed by atoms with Gasteiger partial charge in [-0.05, 0) is 62.7 Å². The van der Waals surface area contributed by atoms with Gasteiger partial charge in [-0.3, -0.25) is 0 Å². The Labute approximate surface area is 208 Å². The number of aromatic nitrogens is 2. The Morgan fingerprint density at radius 3 is 2.57 bits per heavy atom. The van der Waals surface area contributed by atoms with Crippen molar-refractivity contribution in [2.45, 2.75) is 27.4 Å². The fourth-order valence-electron chi connectivity index (χ4n) is 3.79. The van der Waals surface area contributed by atoms with Crippen molar-refractivity contribution in [3.05, 3.63) is 94.3 Å². The molecule has 0 aliphatic heterocycles. The van der Waals surface area contributed by atoms with E-state index in [1.807, 2.05) is 92.9 Å². The van der Waals surface area contributed by atoms with E-state index in [-0.39, 0.29) is 12.2 Å². The van der Waals surface area contributed by atoms with Gasteiger partial charge in [0.1, 0.15) is 29.0 Å². The van der Waals surface area contributed by atoms with Crippen LogP contribution in [0.5, 0.6) is 5.75 Å². The summed E-state index contributed by atoms with van der Waals surface area (Å²) in [7, 11) is 0. The maximum absolute atomic E-state index is 12.6. The highest BCUT2D eigenvalue weighted by molar-refractivity contribution is 7.13. The molecule has 35 heavy (non-hydrogen) atoms. The van der Waals surface area contributed by atoms with Crippen LogP contribution in [0.4, 0.5) is 0 Å². The minimum atomic E-state index is -0.673. The SMILES string of the molecule is CCOc1ccc(-n2c(C)cc(C=C(C#N)C(=O)OCc3csc(-c4ccccc4)n3)c2C)cc1. The largest absolute Gasteiger partial charge is 0.494 e. The number of carbonyl (C=O) groups is 1. The van der Waals surface area contributed by atoms with Crippen LogP contribution < -0.4 is 4.74 Å². The molecule has 0 unspecified atom stereocenters. The third kappa shape index (κ3) is 5.51. The predicted octanol–water partition coefficient (Wildman–Crippen LogP) is 6.27. The lowest BCUT2D eigenvalue weighted by atomic mass is 10.1. The number of rotatable bonds is 8. The van der Waals surface area contributed by atoms with Crippen LogP contribution in [0.1, 0.15) is 29.6 Å². The zero-order chi connectivity index (χ0) is 24.8. The second-order valence-electron chi connectivity index (χ2n) is 7.84. The number of esters is 1. The predicted molar refractivity (Wildman–Crippen MR) is 137 cm³/mol. The molecule has 4 aromatic rings. The van der Waals surface area contributed by atoms with Gasteiger partial charge in [0.15, 0.2) is 0 Å². The van der Waals surface area contributed by atoms with E-state index in [4.69, 9.17) is 9.47 Å². The monoisotopic (exact) mass is 483 g/mol. The summed E-state index contributed by atoms with van der Waals surface area (Å²) in [6, 6.07) is 21.6. The lowest BCUT2D eigenvalue weighted by Crippen LogP contribution is -2.07. The summed E-state index contributed by atoms with van der Waals surface area (Å²) in [5.74, 6) is 0.136. The van der Waals surface area contributed by atoms with Gasteiger partial charge in [0, 0.05) is 28.0 Å². The van der Waals surface area contributed by atoms with E-state index in [0.717, 1.165) is 39.0 Å². The van der Waals surface area contributed by atoms with Crippen molar-refractivity contribution in [3.8, 4) is 28.1 Å². The van der Waals surface area contributed by atoms with Gasteiger partial charge < -0.3 is 14.0 Å². The molecule has 2 heterocycles. The number of ether oxygens (including phenoxy) is 2. The van der Waals surface area contributed by atoms with Crippen LogP contribution in [-0.4, -0.2) is 22.1 Å². The van der Waals surface area contributed by atoms with Crippen LogP contribution in [0.3, 0.4) is 0 Å². The Morgan fingerprint density at radius 1 is 1.14 bits per heavy atom. The highest BCUT2D eigenvalue weighted by Crippen LogP contribution is 2.26. The number of hydrogen-bond acceptors (Lipinski definition) is 6. The topological polar surface area (TPSA) is 77.1 Å². The molecule has 7 heteroatoms. The molecule has 6 nitrogen and oxygen atoms in total. The Balaban J connectivity index is 1.48. The number of nitriles is 1. The number of aryl methyl sites for hydroxylation is 1. The van der Waals surface area contributed by atoms with Crippen LogP contribution in [0, 0.1) is 25.2 Å². The van der Waals surface area contributed by atoms with Gasteiger partial charge in [-0.25, -0.2) is 9.78 Å². The van der Waals surface area contributed by atoms with E-state index in [0.29, 0.717) is 12.3 Å². The molecular formula is C28H25N3O3S. The number of nitrogens with zero attached hydrogens (tertiary/aromatic N) is 3. The van der Waals surface area contributed by atoms with Crippen LogP contribution in [0.2, 0.25) is 0 Å². The van der Waals surface area contributed by atoms with Crippen molar-refractivity contribution in [1.82, 2.24) is 9.55 Å². The fraction of sp³-hybridized carbons (Fsp3) is 0.179. The normalized spacial score (nSPS) is 11.2. The second-order valence-corrected chi connectivity index (χ2v) is 8.70. The maximum atomic E-state index is 12.6. The first-order valence-electron chi connectivity index (χ1n) is 11.2. The van der Waals surface area contributed by atoms with E-state index < -0.39 is 5.97 Å². The summed E-state index contributed by atoms with van der Waals surface area (Å²) in [4.78, 5) is 17.2. The van der Waals surface area contributed by atoms with E-state index in [1.54, 1.807) is 6.08 Å². The molecule has 0 spiro atoms. The molecule has 176 valence electrons. The molecule has 4 rings (SSSR count). The zero-order valence-electron chi connectivity index (χ0n) is 19.8. The summed E-state index contributed by atoms with van der Waals surface area (Å²) < 4.78 is 13.0. The maximum Gasteiger partial charge on any atom is 0.349 e. The number of hydrogen-bond donors (Lipinski definition) is 0. The van der Waals surface area contributed by atoms with Gasteiger partial charge in [0.25, 0.3) is 0 Å². The Morgan fingerprint density at radius 2 is 1.89 bits per heavy atom. The summed E-state index contributed by atoms with van der Waals surface area (Å²) in [6.07, 6.45) is 1.58. The number of thiazole rings is 1.